The summed E-state index contributed by atoms with van der Waals surface area (Å²) >= 11 is 1.84. The maximum absolute atomic E-state index is 5.57. The van der Waals surface area contributed by atoms with Crippen LogP contribution in [0, 0.1) is 0 Å². The Morgan fingerprint density at radius 3 is 1.51 bits per heavy atom. The molecule has 0 aliphatic heterocycles. The summed E-state index contributed by atoms with van der Waals surface area (Å²) < 4.78 is 4.82. The molecule has 13 rings (SSSR count). The molecular formula is C62H39N5S. The number of hydrogen-bond acceptors (Lipinski definition) is 5. The normalized spacial score (nSPS) is 11.5. The van der Waals surface area contributed by atoms with Crippen molar-refractivity contribution in [2.75, 3.05) is 0 Å². The van der Waals surface area contributed by atoms with Crippen LogP contribution in [-0.2, 0) is 0 Å². The maximum atomic E-state index is 5.57. The zero-order valence-electron chi connectivity index (χ0n) is 36.7. The number of fused-ring (bicyclic) bond motifs is 7. The number of pyridine rings is 1. The minimum atomic E-state index is 0.547. The molecule has 0 saturated heterocycles. The zero-order chi connectivity index (χ0) is 45.0. The fraction of sp³-hybridized carbons (Fsp3) is 0. The van der Waals surface area contributed by atoms with Gasteiger partial charge in [0.25, 0.3) is 0 Å². The van der Waals surface area contributed by atoms with Crippen molar-refractivity contribution in [2.24, 2.45) is 0 Å². The quantitative estimate of drug-likeness (QED) is 0.153. The van der Waals surface area contributed by atoms with E-state index in [1.165, 1.54) is 36.6 Å². The van der Waals surface area contributed by atoms with E-state index in [1.807, 2.05) is 53.9 Å². The number of thiophene rings is 1. The molecule has 0 fully saturated rings. The van der Waals surface area contributed by atoms with Gasteiger partial charge in [0.1, 0.15) is 0 Å². The van der Waals surface area contributed by atoms with Crippen molar-refractivity contribution in [3.63, 3.8) is 0 Å². The number of benzene rings is 9. The monoisotopic (exact) mass is 885 g/mol. The van der Waals surface area contributed by atoms with Gasteiger partial charge in [0.05, 0.1) is 16.7 Å². The van der Waals surface area contributed by atoms with Gasteiger partial charge >= 0.3 is 0 Å². The Hall–Kier alpha value is -8.84. The maximum Gasteiger partial charge on any atom is 0.166 e. The van der Waals surface area contributed by atoms with Crippen molar-refractivity contribution in [1.29, 1.82) is 0 Å². The van der Waals surface area contributed by atoms with Crippen LogP contribution in [0.3, 0.4) is 0 Å². The first-order valence-corrected chi connectivity index (χ1v) is 23.6. The number of para-hydroxylation sites is 2. The minimum Gasteiger partial charge on any atom is -0.309 e. The Morgan fingerprint density at radius 1 is 0.353 bits per heavy atom. The predicted octanol–water partition coefficient (Wildman–Crippen LogP) is 16.4. The molecule has 0 aliphatic carbocycles. The summed E-state index contributed by atoms with van der Waals surface area (Å²) in [6.07, 6.45) is 2.05. The summed E-state index contributed by atoms with van der Waals surface area (Å²) in [7, 11) is 0. The molecule has 9 aromatic carbocycles. The van der Waals surface area contributed by atoms with Gasteiger partial charge in [-0.2, -0.15) is 0 Å². The third-order valence-electron chi connectivity index (χ3n) is 12.9. The van der Waals surface area contributed by atoms with E-state index in [0.717, 1.165) is 72.4 Å². The van der Waals surface area contributed by atoms with Crippen molar-refractivity contribution >= 4 is 53.3 Å². The molecular weight excluding hydrogens is 847 g/mol. The van der Waals surface area contributed by atoms with Gasteiger partial charge in [-0.05, 0) is 64.2 Å². The third-order valence-corrected chi connectivity index (χ3v) is 14.1. The van der Waals surface area contributed by atoms with Crippen LogP contribution >= 0.6 is 11.3 Å². The van der Waals surface area contributed by atoms with E-state index in [9.17, 15) is 0 Å². The molecule has 0 unspecified atom stereocenters. The largest absolute Gasteiger partial charge is 0.309 e. The second-order valence-corrected chi connectivity index (χ2v) is 18.0. The van der Waals surface area contributed by atoms with Crippen molar-refractivity contribution in [1.82, 2.24) is 24.5 Å². The molecule has 318 valence electrons. The summed E-state index contributed by atoms with van der Waals surface area (Å²) in [6, 6.07) is 81.0. The van der Waals surface area contributed by atoms with Gasteiger partial charge in [-0.3, -0.25) is 4.98 Å². The van der Waals surface area contributed by atoms with Gasteiger partial charge in [0, 0.05) is 70.6 Å². The molecule has 4 heterocycles. The van der Waals surface area contributed by atoms with E-state index in [-0.39, 0.29) is 0 Å². The minimum absolute atomic E-state index is 0.547. The van der Waals surface area contributed by atoms with Crippen LogP contribution in [0.2, 0.25) is 0 Å². The zero-order valence-corrected chi connectivity index (χ0v) is 37.5. The second-order valence-electron chi connectivity index (χ2n) is 16.9. The van der Waals surface area contributed by atoms with E-state index < -0.39 is 0 Å². The van der Waals surface area contributed by atoms with Crippen LogP contribution in [0.1, 0.15) is 0 Å². The van der Waals surface area contributed by atoms with Crippen LogP contribution in [0.15, 0.2) is 237 Å². The highest BCUT2D eigenvalue weighted by atomic mass is 32.1. The predicted molar refractivity (Wildman–Crippen MR) is 283 cm³/mol. The van der Waals surface area contributed by atoms with Crippen molar-refractivity contribution < 1.29 is 0 Å². The Bertz CT molecular complexity index is 3880. The molecule has 4 aromatic heterocycles. The SMILES string of the molecule is c1ccc(-c2nc(-c3ccccc3)nc(-c3cc(-c4c(-c5ccccc5)cccc4-c4ccccc4)cnc3-c3cccc4sc5c(ccc6c5c5ccccc5n6-c5ccccc5)c34)n2)cc1. The van der Waals surface area contributed by atoms with Crippen LogP contribution in [0.5, 0.6) is 0 Å². The van der Waals surface area contributed by atoms with Crippen LogP contribution in [0.4, 0.5) is 0 Å². The van der Waals surface area contributed by atoms with E-state index in [4.69, 9.17) is 19.9 Å². The molecule has 6 heteroatoms. The summed E-state index contributed by atoms with van der Waals surface area (Å²) in [5.74, 6) is 1.74. The summed E-state index contributed by atoms with van der Waals surface area (Å²) in [5.41, 5.74) is 14.5. The number of aromatic nitrogens is 5. The highest BCUT2D eigenvalue weighted by Crippen LogP contribution is 2.48. The van der Waals surface area contributed by atoms with Gasteiger partial charge in [0.2, 0.25) is 0 Å². The van der Waals surface area contributed by atoms with Gasteiger partial charge in [-0.1, -0.05) is 194 Å². The molecule has 68 heavy (non-hydrogen) atoms. The Morgan fingerprint density at radius 2 is 0.882 bits per heavy atom. The Balaban J connectivity index is 1.11. The Labute approximate surface area is 397 Å². The highest BCUT2D eigenvalue weighted by Gasteiger charge is 2.24. The molecule has 5 nitrogen and oxygen atoms in total. The standard InChI is InChI=1S/C62H39N5S/c1-6-20-40(21-7-1)46-31-18-32-47(41-22-8-2-9-23-41)55(46)44-38-51(62-65-60(42-24-10-3-11-25-42)64-61(66-62)43-26-12-4-13-27-43)58(63-39-44)49-33-19-35-54-56(49)50-36-37-53-57(59(50)68-54)48-30-16-17-34-52(48)67(53)45-28-14-5-15-29-45/h1-39H. The summed E-state index contributed by atoms with van der Waals surface area (Å²) in [4.78, 5) is 21.4. The van der Waals surface area contributed by atoms with Gasteiger partial charge in [-0.15, -0.1) is 11.3 Å². The lowest BCUT2D eigenvalue weighted by atomic mass is 9.87. The average Bonchev–Trinajstić information content (AvgIpc) is 3.98. The molecule has 0 spiro atoms. The first-order chi connectivity index (χ1) is 33.7. The van der Waals surface area contributed by atoms with Crippen LogP contribution in [-0.4, -0.2) is 24.5 Å². The lowest BCUT2D eigenvalue weighted by molar-refractivity contribution is 1.07. The summed E-state index contributed by atoms with van der Waals surface area (Å²) in [5, 5.41) is 4.82. The first-order valence-electron chi connectivity index (χ1n) is 22.8. The molecule has 0 saturated carbocycles. The topological polar surface area (TPSA) is 56.5 Å². The molecule has 0 amide bonds. The number of nitrogens with zero attached hydrogens (tertiary/aromatic N) is 5. The number of hydrogen-bond donors (Lipinski definition) is 0. The molecule has 13 aromatic rings. The molecule has 0 aliphatic rings. The highest BCUT2D eigenvalue weighted by molar-refractivity contribution is 7.27. The average molecular weight is 886 g/mol. The number of rotatable bonds is 8. The third kappa shape index (κ3) is 6.69. The van der Waals surface area contributed by atoms with E-state index in [2.05, 4.69) is 199 Å². The lowest BCUT2D eigenvalue weighted by Gasteiger charge is -2.18. The first kappa shape index (κ1) is 39.5. The lowest BCUT2D eigenvalue weighted by Crippen LogP contribution is -2.02. The van der Waals surface area contributed by atoms with Gasteiger partial charge < -0.3 is 4.57 Å². The van der Waals surface area contributed by atoms with E-state index in [1.54, 1.807) is 0 Å². The molecule has 0 atom stereocenters. The molecule has 0 bridgehead atoms. The van der Waals surface area contributed by atoms with Crippen molar-refractivity contribution in [2.45, 2.75) is 0 Å². The Kier molecular flexibility index (Phi) is 9.62. The van der Waals surface area contributed by atoms with Gasteiger partial charge in [0.15, 0.2) is 17.5 Å². The fourth-order valence-electron chi connectivity index (χ4n) is 9.88. The molecule has 0 radical (unpaired) electrons. The van der Waals surface area contributed by atoms with E-state index in [0.29, 0.717) is 17.5 Å². The fourth-order valence-corrected chi connectivity index (χ4v) is 11.2. The van der Waals surface area contributed by atoms with Crippen molar-refractivity contribution in [3.8, 4) is 84.5 Å². The van der Waals surface area contributed by atoms with E-state index >= 15 is 0 Å². The summed E-state index contributed by atoms with van der Waals surface area (Å²) in [6.45, 7) is 0. The smallest absolute Gasteiger partial charge is 0.166 e. The van der Waals surface area contributed by atoms with Crippen molar-refractivity contribution in [3.05, 3.63) is 237 Å². The van der Waals surface area contributed by atoms with Crippen LogP contribution in [0.25, 0.3) is 126 Å². The van der Waals surface area contributed by atoms with Gasteiger partial charge in [-0.25, -0.2) is 15.0 Å². The second kappa shape index (κ2) is 16.5. The molecule has 0 N–H and O–H groups in total. The van der Waals surface area contributed by atoms with Crippen LogP contribution < -0.4 is 0 Å².